The maximum atomic E-state index is 11.0. The summed E-state index contributed by atoms with van der Waals surface area (Å²) in [4.78, 5) is 18.3. The van der Waals surface area contributed by atoms with Crippen molar-refractivity contribution >= 4 is 28.5 Å². The fraction of sp³-hybridized carbons (Fsp3) is 0.636. The number of imidazole rings is 1. The van der Waals surface area contributed by atoms with E-state index < -0.39 is 0 Å². The number of amides is 1. The number of carbonyl (C=O) groups is 1. The zero-order chi connectivity index (χ0) is 12.7. The summed E-state index contributed by atoms with van der Waals surface area (Å²) in [5.74, 6) is 0.954. The lowest BCUT2D eigenvalue weighted by molar-refractivity contribution is -0.120. The van der Waals surface area contributed by atoms with Gasteiger partial charge in [-0.3, -0.25) is 4.79 Å². The molecule has 0 aromatic carbocycles. The maximum Gasteiger partial charge on any atom is 0.219 e. The minimum atomic E-state index is -0.0292. The fourth-order valence-corrected chi connectivity index (χ4v) is 2.01. The van der Waals surface area contributed by atoms with E-state index in [1.165, 1.54) is 0 Å². The van der Waals surface area contributed by atoms with Crippen LogP contribution >= 0.6 is 22.6 Å². The molecule has 0 spiro atoms. The highest BCUT2D eigenvalue weighted by Gasteiger charge is 2.09. The summed E-state index contributed by atoms with van der Waals surface area (Å²) in [6.45, 7) is 0. The molecule has 5 nitrogen and oxygen atoms in total. The van der Waals surface area contributed by atoms with Crippen LogP contribution in [0.25, 0.3) is 0 Å². The molecule has 0 aliphatic carbocycles. The number of hydrogen-bond acceptors (Lipinski definition) is 3. The highest BCUT2D eigenvalue weighted by Crippen LogP contribution is 2.15. The largest absolute Gasteiger partial charge is 0.359 e. The van der Waals surface area contributed by atoms with Crippen LogP contribution < -0.4 is 11.1 Å². The number of halogens is 1. The van der Waals surface area contributed by atoms with Gasteiger partial charge in [0.05, 0.1) is 15.9 Å². The molecule has 0 aliphatic rings. The standard InChI is InChI=1S/C11H19IN4O/c1-14-10(17)6-4-2-3-5-8(13)11-15-7-9(12)16-11/h7-8H,2-6,13H2,1H3,(H,14,17)(H,15,16)/t8-/m0/s1. The summed E-state index contributed by atoms with van der Waals surface area (Å²) in [5, 5.41) is 2.61. The second kappa shape index (κ2) is 7.65. The maximum absolute atomic E-state index is 11.0. The SMILES string of the molecule is CNC(=O)CCCCC[C@H](N)c1ncc(I)[nH]1. The number of unbranched alkanes of at least 4 members (excludes halogenated alkanes) is 2. The van der Waals surface area contributed by atoms with Gasteiger partial charge < -0.3 is 16.0 Å². The van der Waals surface area contributed by atoms with Gasteiger partial charge >= 0.3 is 0 Å². The molecular weight excluding hydrogens is 331 g/mol. The molecule has 1 amide bonds. The Hall–Kier alpha value is -0.630. The highest BCUT2D eigenvalue weighted by atomic mass is 127. The van der Waals surface area contributed by atoms with Gasteiger partial charge in [-0.15, -0.1) is 0 Å². The number of nitrogens with two attached hydrogens (primary N) is 1. The van der Waals surface area contributed by atoms with Crippen LogP contribution in [-0.4, -0.2) is 22.9 Å². The molecule has 1 rings (SSSR count). The molecule has 0 saturated heterocycles. The third kappa shape index (κ3) is 5.49. The van der Waals surface area contributed by atoms with Crippen LogP contribution in [0.3, 0.4) is 0 Å². The van der Waals surface area contributed by atoms with E-state index in [-0.39, 0.29) is 11.9 Å². The monoisotopic (exact) mass is 350 g/mol. The zero-order valence-electron chi connectivity index (χ0n) is 10.0. The Morgan fingerprint density at radius 2 is 2.35 bits per heavy atom. The first-order valence-corrected chi connectivity index (χ1v) is 6.88. The lowest BCUT2D eigenvalue weighted by Gasteiger charge is -2.08. The molecule has 96 valence electrons. The second-order valence-electron chi connectivity index (χ2n) is 4.00. The van der Waals surface area contributed by atoms with Crippen molar-refractivity contribution in [3.63, 3.8) is 0 Å². The van der Waals surface area contributed by atoms with E-state index >= 15 is 0 Å². The summed E-state index contributed by atoms with van der Waals surface area (Å²) in [7, 11) is 1.66. The number of rotatable bonds is 7. The second-order valence-corrected chi connectivity index (χ2v) is 5.16. The molecule has 0 fully saturated rings. The number of nitrogens with one attached hydrogen (secondary N) is 2. The molecule has 4 N–H and O–H groups in total. The fourth-order valence-electron chi connectivity index (χ4n) is 1.59. The molecule has 0 aliphatic heterocycles. The quantitative estimate of drug-likeness (QED) is 0.517. The summed E-state index contributed by atoms with van der Waals surface area (Å²) in [6.07, 6.45) is 6.25. The summed E-state index contributed by atoms with van der Waals surface area (Å²) in [6, 6.07) is -0.0292. The van der Waals surface area contributed by atoms with E-state index in [0.29, 0.717) is 6.42 Å². The highest BCUT2D eigenvalue weighted by molar-refractivity contribution is 14.1. The molecule has 0 radical (unpaired) electrons. The first-order chi connectivity index (χ1) is 8.13. The Labute approximate surface area is 115 Å². The molecule has 6 heteroatoms. The average molecular weight is 350 g/mol. The Kier molecular flexibility index (Phi) is 6.49. The predicted octanol–water partition coefficient (Wildman–Crippen LogP) is 1.71. The van der Waals surface area contributed by atoms with Crippen molar-refractivity contribution in [1.29, 1.82) is 0 Å². The van der Waals surface area contributed by atoms with Crippen molar-refractivity contribution in [3.8, 4) is 0 Å². The van der Waals surface area contributed by atoms with Crippen LogP contribution in [-0.2, 0) is 4.79 Å². The van der Waals surface area contributed by atoms with E-state index in [1.807, 2.05) is 0 Å². The van der Waals surface area contributed by atoms with Crippen LogP contribution in [0.5, 0.6) is 0 Å². The number of aromatic nitrogens is 2. The number of nitrogens with zero attached hydrogens (tertiary/aromatic N) is 1. The van der Waals surface area contributed by atoms with E-state index in [2.05, 4.69) is 37.9 Å². The van der Waals surface area contributed by atoms with Gasteiger partial charge in [0.25, 0.3) is 0 Å². The normalized spacial score (nSPS) is 12.4. The van der Waals surface area contributed by atoms with Gasteiger partial charge in [0.15, 0.2) is 0 Å². The van der Waals surface area contributed by atoms with E-state index in [9.17, 15) is 4.79 Å². The molecule has 0 saturated carbocycles. The van der Waals surface area contributed by atoms with Crippen LogP contribution in [0.15, 0.2) is 6.20 Å². The molecule has 1 aromatic heterocycles. The Morgan fingerprint density at radius 1 is 1.59 bits per heavy atom. The summed E-state index contributed by atoms with van der Waals surface area (Å²) in [5.41, 5.74) is 6.00. The molecule has 17 heavy (non-hydrogen) atoms. The van der Waals surface area contributed by atoms with Crippen LogP contribution in [0, 0.1) is 3.70 Å². The molecule has 0 bridgehead atoms. The van der Waals surface area contributed by atoms with Gasteiger partial charge in [-0.25, -0.2) is 4.98 Å². The first kappa shape index (κ1) is 14.4. The van der Waals surface area contributed by atoms with Gasteiger partial charge in [0, 0.05) is 13.5 Å². The minimum absolute atomic E-state index is 0.0292. The van der Waals surface area contributed by atoms with Crippen LogP contribution in [0.4, 0.5) is 0 Å². The van der Waals surface area contributed by atoms with Crippen LogP contribution in [0.2, 0.25) is 0 Å². The Balaban J connectivity index is 2.12. The van der Waals surface area contributed by atoms with Crippen molar-refractivity contribution in [3.05, 3.63) is 15.7 Å². The van der Waals surface area contributed by atoms with Gasteiger partial charge in [-0.2, -0.15) is 0 Å². The van der Waals surface area contributed by atoms with Gasteiger partial charge in [0.2, 0.25) is 5.91 Å². The number of H-pyrrole nitrogens is 1. The van der Waals surface area contributed by atoms with E-state index in [4.69, 9.17) is 5.73 Å². The molecule has 1 aromatic rings. The van der Waals surface area contributed by atoms with Gasteiger partial charge in [0.1, 0.15) is 5.82 Å². The molecule has 0 unspecified atom stereocenters. The lowest BCUT2D eigenvalue weighted by atomic mass is 10.1. The first-order valence-electron chi connectivity index (χ1n) is 5.80. The minimum Gasteiger partial charge on any atom is -0.359 e. The van der Waals surface area contributed by atoms with E-state index in [0.717, 1.165) is 35.2 Å². The van der Waals surface area contributed by atoms with Crippen LogP contribution in [0.1, 0.15) is 44.0 Å². The van der Waals surface area contributed by atoms with Crippen molar-refractivity contribution < 1.29 is 4.79 Å². The van der Waals surface area contributed by atoms with Crippen molar-refractivity contribution in [1.82, 2.24) is 15.3 Å². The van der Waals surface area contributed by atoms with Crippen molar-refractivity contribution in [2.75, 3.05) is 7.05 Å². The van der Waals surface area contributed by atoms with Crippen molar-refractivity contribution in [2.24, 2.45) is 5.73 Å². The van der Waals surface area contributed by atoms with E-state index in [1.54, 1.807) is 13.2 Å². The third-order valence-electron chi connectivity index (χ3n) is 2.61. The molecule has 1 heterocycles. The molecule has 1 atom stereocenters. The average Bonchev–Trinajstić information content (AvgIpc) is 2.75. The zero-order valence-corrected chi connectivity index (χ0v) is 12.2. The predicted molar refractivity (Wildman–Crippen MR) is 75.4 cm³/mol. The van der Waals surface area contributed by atoms with Crippen molar-refractivity contribution in [2.45, 2.75) is 38.1 Å². The summed E-state index contributed by atoms with van der Waals surface area (Å²) >= 11 is 2.18. The number of carbonyl (C=O) groups excluding carboxylic acids is 1. The number of aromatic amines is 1. The smallest absolute Gasteiger partial charge is 0.219 e. The number of hydrogen-bond donors (Lipinski definition) is 3. The Morgan fingerprint density at radius 3 is 2.94 bits per heavy atom. The molecular formula is C11H19IN4O. The van der Waals surface area contributed by atoms with Gasteiger partial charge in [-0.05, 0) is 35.4 Å². The Bertz CT molecular complexity index is 353. The van der Waals surface area contributed by atoms with Gasteiger partial charge in [-0.1, -0.05) is 12.8 Å². The lowest BCUT2D eigenvalue weighted by Crippen LogP contribution is -2.17. The topological polar surface area (TPSA) is 83.8 Å². The summed E-state index contributed by atoms with van der Waals surface area (Å²) < 4.78 is 1.01. The third-order valence-corrected chi connectivity index (χ3v) is 3.16.